The number of amides is 1. The van der Waals surface area contributed by atoms with Gasteiger partial charge in [0.1, 0.15) is 0 Å². The van der Waals surface area contributed by atoms with Gasteiger partial charge in [-0.2, -0.15) is 0 Å². The Morgan fingerprint density at radius 2 is 1.90 bits per heavy atom. The highest BCUT2D eigenvalue weighted by Crippen LogP contribution is 2.28. The van der Waals surface area contributed by atoms with E-state index in [0.717, 1.165) is 19.6 Å². The Labute approximate surface area is 129 Å². The van der Waals surface area contributed by atoms with Crippen molar-refractivity contribution in [3.63, 3.8) is 0 Å². The van der Waals surface area contributed by atoms with Crippen LogP contribution in [0, 0.1) is 0 Å². The number of nitrogen functional groups attached to an aromatic ring is 1. The summed E-state index contributed by atoms with van der Waals surface area (Å²) in [4.78, 5) is 14.5. The minimum atomic E-state index is -0.180. The molecular formula is C14H19Cl2N3O. The van der Waals surface area contributed by atoms with E-state index in [-0.39, 0.29) is 11.9 Å². The number of nitrogens with zero attached hydrogens (tertiary/aromatic N) is 1. The first-order valence-corrected chi connectivity index (χ1v) is 7.50. The van der Waals surface area contributed by atoms with Crippen LogP contribution in [0.5, 0.6) is 0 Å². The van der Waals surface area contributed by atoms with Crippen molar-refractivity contribution in [3.8, 4) is 0 Å². The van der Waals surface area contributed by atoms with Gasteiger partial charge in [-0.15, -0.1) is 0 Å². The average molecular weight is 316 g/mol. The summed E-state index contributed by atoms with van der Waals surface area (Å²) in [7, 11) is 0. The lowest BCUT2D eigenvalue weighted by Crippen LogP contribution is -2.41. The third-order valence-corrected chi connectivity index (χ3v) is 4.07. The highest BCUT2D eigenvalue weighted by Gasteiger charge is 2.17. The second-order valence-electron chi connectivity index (χ2n) is 5.24. The number of nitrogens with one attached hydrogen (secondary N) is 1. The van der Waals surface area contributed by atoms with Gasteiger partial charge in [0.05, 0.1) is 15.7 Å². The largest absolute Gasteiger partial charge is 0.396 e. The number of carbonyl (C=O) groups excluding carboxylic acids is 1. The second kappa shape index (κ2) is 6.66. The van der Waals surface area contributed by atoms with E-state index in [1.54, 1.807) is 12.1 Å². The van der Waals surface area contributed by atoms with Gasteiger partial charge in [-0.05, 0) is 45.0 Å². The number of anilines is 1. The molecule has 1 fully saturated rings. The lowest BCUT2D eigenvalue weighted by Gasteiger charge is -2.21. The molecule has 1 heterocycles. The minimum Gasteiger partial charge on any atom is -0.396 e. The Kier molecular flexibility index (Phi) is 5.13. The zero-order valence-electron chi connectivity index (χ0n) is 11.5. The molecule has 0 spiro atoms. The first-order chi connectivity index (χ1) is 9.47. The van der Waals surface area contributed by atoms with Gasteiger partial charge >= 0.3 is 0 Å². The molecule has 1 saturated heterocycles. The predicted molar refractivity (Wildman–Crippen MR) is 83.5 cm³/mol. The molecule has 1 unspecified atom stereocenters. The van der Waals surface area contributed by atoms with E-state index in [2.05, 4.69) is 10.2 Å². The van der Waals surface area contributed by atoms with Gasteiger partial charge in [-0.3, -0.25) is 4.79 Å². The van der Waals surface area contributed by atoms with Gasteiger partial charge in [0.15, 0.2) is 0 Å². The van der Waals surface area contributed by atoms with Gasteiger partial charge in [0.25, 0.3) is 5.91 Å². The predicted octanol–water partition coefficient (Wildman–Crippen LogP) is 2.79. The first-order valence-electron chi connectivity index (χ1n) is 6.75. The van der Waals surface area contributed by atoms with E-state index in [0.29, 0.717) is 21.3 Å². The number of nitrogens with two attached hydrogens (primary N) is 1. The summed E-state index contributed by atoms with van der Waals surface area (Å²) in [5.74, 6) is -0.180. The van der Waals surface area contributed by atoms with Crippen molar-refractivity contribution in [2.24, 2.45) is 0 Å². The van der Waals surface area contributed by atoms with E-state index in [4.69, 9.17) is 28.9 Å². The van der Waals surface area contributed by atoms with Crippen LogP contribution in [0.3, 0.4) is 0 Å². The van der Waals surface area contributed by atoms with Crippen LogP contribution in [0.2, 0.25) is 10.0 Å². The van der Waals surface area contributed by atoms with Gasteiger partial charge in [0, 0.05) is 18.2 Å². The van der Waals surface area contributed by atoms with Crippen LogP contribution >= 0.6 is 23.2 Å². The molecule has 1 aliphatic heterocycles. The van der Waals surface area contributed by atoms with Crippen molar-refractivity contribution in [2.75, 3.05) is 25.4 Å². The van der Waals surface area contributed by atoms with Gasteiger partial charge < -0.3 is 16.0 Å². The molecule has 0 aliphatic carbocycles. The number of halogens is 2. The number of hydrogen-bond acceptors (Lipinski definition) is 3. The first kappa shape index (κ1) is 15.4. The topological polar surface area (TPSA) is 58.4 Å². The Morgan fingerprint density at radius 1 is 1.35 bits per heavy atom. The van der Waals surface area contributed by atoms with E-state index < -0.39 is 0 Å². The Hall–Kier alpha value is -0.970. The number of benzene rings is 1. The number of carbonyl (C=O) groups is 1. The molecule has 1 amide bonds. The van der Waals surface area contributed by atoms with E-state index in [9.17, 15) is 4.79 Å². The van der Waals surface area contributed by atoms with Crippen LogP contribution in [-0.2, 0) is 0 Å². The van der Waals surface area contributed by atoms with Crippen molar-refractivity contribution in [1.82, 2.24) is 10.2 Å². The summed E-state index contributed by atoms with van der Waals surface area (Å²) in [6.07, 6.45) is 2.48. The summed E-state index contributed by atoms with van der Waals surface area (Å²) in [5.41, 5.74) is 6.39. The fraction of sp³-hybridized carbons (Fsp3) is 0.500. The Morgan fingerprint density at radius 3 is 2.45 bits per heavy atom. The van der Waals surface area contributed by atoms with Gasteiger partial charge in [-0.1, -0.05) is 23.2 Å². The molecule has 1 aromatic carbocycles. The van der Waals surface area contributed by atoms with Crippen LogP contribution in [0.15, 0.2) is 12.1 Å². The standard InChI is InChI=1S/C14H19Cl2N3O/c1-9(8-19-4-2-3-5-19)18-14(20)10-6-11(15)13(17)12(16)7-10/h6-7,9H,2-5,8,17H2,1H3,(H,18,20). The number of hydrogen-bond donors (Lipinski definition) is 2. The van der Waals surface area contributed by atoms with Crippen LogP contribution in [0.1, 0.15) is 30.1 Å². The maximum Gasteiger partial charge on any atom is 0.251 e. The summed E-state index contributed by atoms with van der Waals surface area (Å²) >= 11 is 11.9. The molecule has 110 valence electrons. The molecular weight excluding hydrogens is 297 g/mol. The third kappa shape index (κ3) is 3.78. The zero-order valence-corrected chi connectivity index (χ0v) is 13.0. The lowest BCUT2D eigenvalue weighted by molar-refractivity contribution is 0.0932. The molecule has 20 heavy (non-hydrogen) atoms. The molecule has 0 saturated carbocycles. The Bertz CT molecular complexity index is 478. The molecule has 1 atom stereocenters. The quantitative estimate of drug-likeness (QED) is 0.840. The van der Waals surface area contributed by atoms with Crippen molar-refractivity contribution in [1.29, 1.82) is 0 Å². The molecule has 0 aromatic heterocycles. The van der Waals surface area contributed by atoms with E-state index >= 15 is 0 Å². The summed E-state index contributed by atoms with van der Waals surface area (Å²) in [6.45, 7) is 5.08. The summed E-state index contributed by atoms with van der Waals surface area (Å²) in [5, 5.41) is 3.56. The van der Waals surface area contributed by atoms with Crippen molar-refractivity contribution >= 4 is 34.8 Å². The minimum absolute atomic E-state index is 0.0794. The SMILES string of the molecule is CC(CN1CCCC1)NC(=O)c1cc(Cl)c(N)c(Cl)c1. The zero-order chi connectivity index (χ0) is 14.7. The molecule has 2 rings (SSSR count). The lowest BCUT2D eigenvalue weighted by atomic mass is 10.1. The molecule has 6 heteroatoms. The molecule has 4 nitrogen and oxygen atoms in total. The van der Waals surface area contributed by atoms with Crippen molar-refractivity contribution in [3.05, 3.63) is 27.7 Å². The summed E-state index contributed by atoms with van der Waals surface area (Å²) < 4.78 is 0. The molecule has 3 N–H and O–H groups in total. The smallest absolute Gasteiger partial charge is 0.251 e. The van der Waals surface area contributed by atoms with Crippen LogP contribution in [0.4, 0.5) is 5.69 Å². The third-order valence-electron chi connectivity index (χ3n) is 3.45. The highest BCUT2D eigenvalue weighted by molar-refractivity contribution is 6.39. The maximum absolute atomic E-state index is 12.2. The van der Waals surface area contributed by atoms with E-state index in [1.165, 1.54) is 12.8 Å². The monoisotopic (exact) mass is 315 g/mol. The normalized spacial score (nSPS) is 17.1. The fourth-order valence-corrected chi connectivity index (χ4v) is 2.91. The van der Waals surface area contributed by atoms with Gasteiger partial charge in [0.2, 0.25) is 0 Å². The highest BCUT2D eigenvalue weighted by atomic mass is 35.5. The Balaban J connectivity index is 1.97. The van der Waals surface area contributed by atoms with Crippen molar-refractivity contribution < 1.29 is 4.79 Å². The molecule has 1 aromatic rings. The number of rotatable bonds is 4. The van der Waals surface area contributed by atoms with E-state index in [1.807, 2.05) is 6.92 Å². The maximum atomic E-state index is 12.2. The molecule has 0 radical (unpaired) electrons. The molecule has 1 aliphatic rings. The van der Waals surface area contributed by atoms with Crippen LogP contribution in [-0.4, -0.2) is 36.5 Å². The van der Waals surface area contributed by atoms with Gasteiger partial charge in [-0.25, -0.2) is 0 Å². The second-order valence-corrected chi connectivity index (χ2v) is 6.05. The summed E-state index contributed by atoms with van der Waals surface area (Å²) in [6, 6.07) is 3.16. The molecule has 0 bridgehead atoms. The van der Waals surface area contributed by atoms with Crippen LogP contribution < -0.4 is 11.1 Å². The van der Waals surface area contributed by atoms with Crippen molar-refractivity contribution in [2.45, 2.75) is 25.8 Å². The van der Waals surface area contributed by atoms with Crippen LogP contribution in [0.25, 0.3) is 0 Å². The number of likely N-dealkylation sites (tertiary alicyclic amines) is 1. The fourth-order valence-electron chi connectivity index (χ4n) is 2.42. The average Bonchev–Trinajstić information content (AvgIpc) is 2.87.